The number of carbonyl (C=O) groups is 4. The highest BCUT2D eigenvalue weighted by Gasteiger charge is 2.30. The van der Waals surface area contributed by atoms with E-state index in [2.05, 4.69) is 101 Å². The number of phosphoric acid groups is 2. The molecule has 0 fully saturated rings. The Hall–Kier alpha value is -3.50. The molecule has 0 aliphatic heterocycles. The zero-order chi connectivity index (χ0) is 71.8. The fourth-order valence-corrected chi connectivity index (χ4v) is 12.3. The highest BCUT2D eigenvalue weighted by Crippen LogP contribution is 2.45. The summed E-state index contributed by atoms with van der Waals surface area (Å²) in [4.78, 5) is 72.9. The molecule has 0 aromatic heterocycles. The van der Waals surface area contributed by atoms with Crippen LogP contribution < -0.4 is 0 Å². The van der Waals surface area contributed by atoms with Gasteiger partial charge in [0.25, 0.3) is 0 Å². The minimum absolute atomic E-state index is 0.0907. The van der Waals surface area contributed by atoms with Crippen LogP contribution in [0, 0.1) is 0 Å². The summed E-state index contributed by atoms with van der Waals surface area (Å²) in [5, 5.41) is 10.6. The molecule has 0 radical (unpaired) electrons. The number of carbonyl (C=O) groups excluding carboxylic acids is 4. The van der Waals surface area contributed by atoms with Crippen molar-refractivity contribution in [2.24, 2.45) is 0 Å². The lowest BCUT2D eigenvalue weighted by molar-refractivity contribution is -0.161. The van der Waals surface area contributed by atoms with Crippen molar-refractivity contribution in [2.75, 3.05) is 39.6 Å². The van der Waals surface area contributed by atoms with Gasteiger partial charge in [0, 0.05) is 25.7 Å². The first-order valence-electron chi connectivity index (χ1n) is 39.2. The minimum atomic E-state index is -4.98. The Morgan fingerprint density at radius 3 is 0.857 bits per heavy atom. The summed E-state index contributed by atoms with van der Waals surface area (Å²) in [5.74, 6) is -2.21. The molecule has 3 N–H and O–H groups in total. The van der Waals surface area contributed by atoms with Crippen molar-refractivity contribution in [3.05, 3.63) is 72.9 Å². The highest BCUT2D eigenvalue weighted by atomic mass is 31.2. The molecule has 0 saturated carbocycles. The van der Waals surface area contributed by atoms with Crippen LogP contribution in [0.4, 0.5) is 0 Å². The van der Waals surface area contributed by atoms with Gasteiger partial charge >= 0.3 is 39.5 Å². The molecule has 0 saturated heterocycles. The Kier molecular flexibility index (Phi) is 69.3. The van der Waals surface area contributed by atoms with Gasteiger partial charge in [0.05, 0.1) is 26.4 Å². The van der Waals surface area contributed by atoms with Gasteiger partial charge in [-0.05, 0) is 96.3 Å². The summed E-state index contributed by atoms with van der Waals surface area (Å²) < 4.78 is 68.5. The molecule has 19 heteroatoms. The predicted molar refractivity (Wildman–Crippen MR) is 400 cm³/mol. The highest BCUT2D eigenvalue weighted by molar-refractivity contribution is 7.47. The molecule has 0 aromatic rings. The van der Waals surface area contributed by atoms with E-state index in [0.717, 1.165) is 135 Å². The number of ether oxygens (including phenoxy) is 4. The first-order chi connectivity index (χ1) is 47.7. The Morgan fingerprint density at radius 2 is 0.531 bits per heavy atom. The Morgan fingerprint density at radius 1 is 0.296 bits per heavy atom. The number of allylic oxidation sites excluding steroid dienone is 12. The molecule has 0 aromatic carbocycles. The van der Waals surface area contributed by atoms with Gasteiger partial charge in [-0.25, -0.2) is 9.13 Å². The van der Waals surface area contributed by atoms with Crippen molar-refractivity contribution in [1.29, 1.82) is 0 Å². The Bertz CT molecular complexity index is 2140. The van der Waals surface area contributed by atoms with Gasteiger partial charge in [-0.1, -0.05) is 300 Å². The second kappa shape index (κ2) is 71.9. The van der Waals surface area contributed by atoms with Crippen LogP contribution in [0.25, 0.3) is 0 Å². The fourth-order valence-electron chi connectivity index (χ4n) is 10.7. The Balaban J connectivity index is 5.36. The number of aliphatic hydroxyl groups is 1. The van der Waals surface area contributed by atoms with Gasteiger partial charge in [0.2, 0.25) is 0 Å². The van der Waals surface area contributed by atoms with E-state index in [4.69, 9.17) is 37.0 Å². The van der Waals surface area contributed by atoms with Gasteiger partial charge in [0.1, 0.15) is 19.3 Å². The van der Waals surface area contributed by atoms with E-state index in [1.165, 1.54) is 135 Å². The molecule has 0 rings (SSSR count). The van der Waals surface area contributed by atoms with Crippen LogP contribution in [0.2, 0.25) is 0 Å². The molecule has 0 aliphatic rings. The summed E-state index contributed by atoms with van der Waals surface area (Å²) in [5.41, 5.74) is 0. The van der Waals surface area contributed by atoms with Crippen LogP contribution in [0.3, 0.4) is 0 Å². The van der Waals surface area contributed by atoms with E-state index in [1.54, 1.807) is 0 Å². The molecule has 570 valence electrons. The van der Waals surface area contributed by atoms with Crippen LogP contribution in [0.5, 0.6) is 0 Å². The Labute approximate surface area is 596 Å². The lowest BCUT2D eigenvalue weighted by atomic mass is 10.0. The number of hydrogen-bond acceptors (Lipinski definition) is 15. The van der Waals surface area contributed by atoms with E-state index < -0.39 is 97.5 Å². The van der Waals surface area contributed by atoms with Crippen molar-refractivity contribution in [3.8, 4) is 0 Å². The number of unbranched alkanes of at least 4 members (excludes halogenated alkanes) is 36. The first-order valence-corrected chi connectivity index (χ1v) is 42.2. The third kappa shape index (κ3) is 70.9. The molecule has 0 bridgehead atoms. The van der Waals surface area contributed by atoms with Crippen LogP contribution in [0.1, 0.15) is 349 Å². The maximum Gasteiger partial charge on any atom is 0.472 e. The van der Waals surface area contributed by atoms with Crippen LogP contribution in [-0.2, 0) is 65.4 Å². The standard InChI is InChI=1S/C79H142O17P2/c1-5-9-13-17-21-25-29-33-36-40-43-47-51-55-59-63-76(81)89-69-74(95-78(83)65-61-57-53-49-45-39-32-28-24-20-16-12-8-4)71-93-97(85,86)91-67-73(80)68-92-98(87,88)94-72-75(96-79(84)66-62-58-54-50-46-42-38-35-31-27-23-19-15-11-7-3)70-90-77(82)64-60-56-52-48-44-41-37-34-30-26-22-18-14-10-6-2/h9,13,21-22,25-26,33-34,36-37,43,47,73-75,80H,5-8,10-12,14-20,23-24,27-32,35,38-42,44-46,48-72H2,1-4H3,(H,85,86)(H,87,88)/b13-9-,25-21-,26-22-,36-33-,37-34-,47-43-. The maximum absolute atomic E-state index is 13.1. The zero-order valence-corrected chi connectivity index (χ0v) is 64.0. The van der Waals surface area contributed by atoms with Crippen LogP contribution in [-0.4, -0.2) is 96.7 Å². The van der Waals surface area contributed by atoms with Crippen molar-refractivity contribution < 1.29 is 80.2 Å². The van der Waals surface area contributed by atoms with Gasteiger partial charge in [-0.3, -0.25) is 37.3 Å². The molecular formula is C79H142O17P2. The fraction of sp³-hybridized carbons (Fsp3) is 0.797. The number of hydrogen-bond donors (Lipinski definition) is 3. The second-order valence-corrected chi connectivity index (χ2v) is 29.2. The lowest BCUT2D eigenvalue weighted by Crippen LogP contribution is -2.30. The molecule has 5 unspecified atom stereocenters. The summed E-state index contributed by atoms with van der Waals surface area (Å²) in [7, 11) is -9.95. The molecule has 98 heavy (non-hydrogen) atoms. The number of aliphatic hydroxyl groups excluding tert-OH is 1. The summed E-state index contributed by atoms with van der Waals surface area (Å²) in [6.45, 7) is 4.73. The normalized spacial score (nSPS) is 14.3. The number of rotatable bonds is 74. The average molecular weight is 1430 g/mol. The molecule has 0 heterocycles. The third-order valence-corrected chi connectivity index (χ3v) is 18.6. The number of phosphoric ester groups is 2. The topological polar surface area (TPSA) is 237 Å². The van der Waals surface area contributed by atoms with Gasteiger partial charge in [0.15, 0.2) is 12.2 Å². The molecule has 17 nitrogen and oxygen atoms in total. The van der Waals surface area contributed by atoms with E-state index in [-0.39, 0.29) is 25.7 Å². The number of esters is 4. The average Bonchev–Trinajstić information content (AvgIpc) is 0.959. The monoisotopic (exact) mass is 1420 g/mol. The maximum atomic E-state index is 13.1. The van der Waals surface area contributed by atoms with Crippen molar-refractivity contribution >= 4 is 39.5 Å². The predicted octanol–water partition coefficient (Wildman–Crippen LogP) is 22.4. The van der Waals surface area contributed by atoms with Crippen LogP contribution in [0.15, 0.2) is 72.9 Å². The molecular weight excluding hydrogens is 1280 g/mol. The summed E-state index contributed by atoms with van der Waals surface area (Å²) >= 11 is 0. The smallest absolute Gasteiger partial charge is 0.462 e. The van der Waals surface area contributed by atoms with E-state index in [0.29, 0.717) is 25.7 Å². The van der Waals surface area contributed by atoms with E-state index in [9.17, 15) is 43.2 Å². The van der Waals surface area contributed by atoms with E-state index >= 15 is 0 Å². The second-order valence-electron chi connectivity index (χ2n) is 26.3. The third-order valence-electron chi connectivity index (χ3n) is 16.7. The SMILES string of the molecule is CC/C=C\C/C=C\C/C=C\C/C=C\CCCCC(=O)OCC(COP(=O)(O)OCC(O)COP(=O)(O)OCC(COC(=O)CCCCCCC/C=C\C/C=C\CCCCC)OC(=O)CCCCCCCCCCCCCCCCC)OC(=O)CCCCCCCCCCCCCCC. The zero-order valence-electron chi connectivity index (χ0n) is 62.2. The summed E-state index contributed by atoms with van der Waals surface area (Å²) in [6.07, 6.45) is 71.7. The van der Waals surface area contributed by atoms with Gasteiger partial charge in [-0.15, -0.1) is 0 Å². The van der Waals surface area contributed by atoms with Crippen molar-refractivity contribution in [2.45, 2.75) is 367 Å². The van der Waals surface area contributed by atoms with Crippen molar-refractivity contribution in [3.63, 3.8) is 0 Å². The molecule has 5 atom stereocenters. The molecule has 0 amide bonds. The minimum Gasteiger partial charge on any atom is -0.462 e. The van der Waals surface area contributed by atoms with Crippen molar-refractivity contribution in [1.82, 2.24) is 0 Å². The largest absolute Gasteiger partial charge is 0.472 e. The van der Waals surface area contributed by atoms with E-state index in [1.807, 2.05) is 0 Å². The lowest BCUT2D eigenvalue weighted by Gasteiger charge is -2.21. The summed E-state index contributed by atoms with van der Waals surface area (Å²) in [6, 6.07) is 0. The first kappa shape index (κ1) is 94.5. The van der Waals surface area contributed by atoms with Crippen LogP contribution >= 0.6 is 15.6 Å². The van der Waals surface area contributed by atoms with Gasteiger partial charge < -0.3 is 33.8 Å². The quantitative estimate of drug-likeness (QED) is 0.0169. The molecule has 0 spiro atoms. The van der Waals surface area contributed by atoms with Gasteiger partial charge in [-0.2, -0.15) is 0 Å². The molecule has 0 aliphatic carbocycles.